The predicted octanol–water partition coefficient (Wildman–Crippen LogP) is 5.58. The first-order valence-electron chi connectivity index (χ1n) is 10.1. The molecule has 4 aromatic rings. The summed E-state index contributed by atoms with van der Waals surface area (Å²) in [5.41, 5.74) is 4.40. The molecule has 1 atom stereocenters. The number of aromatic nitrogens is 3. The van der Waals surface area contributed by atoms with Crippen LogP contribution in [0.25, 0.3) is 17.1 Å². The average molecular weight is 449 g/mol. The fraction of sp³-hybridized carbons (Fsp3) is 0.208. The van der Waals surface area contributed by atoms with Gasteiger partial charge >= 0.3 is 0 Å². The lowest BCUT2D eigenvalue weighted by Crippen LogP contribution is -2.27. The lowest BCUT2D eigenvalue weighted by atomic mass is 10.1. The zero-order chi connectivity index (χ0) is 21.8. The second-order valence-corrected chi connectivity index (χ2v) is 9.29. The first-order chi connectivity index (χ1) is 15.0. The van der Waals surface area contributed by atoms with Crippen LogP contribution in [0.3, 0.4) is 0 Å². The molecule has 1 amide bonds. The third-order valence-corrected chi connectivity index (χ3v) is 7.08. The summed E-state index contributed by atoms with van der Waals surface area (Å²) in [6.45, 7) is 6.19. The van der Waals surface area contributed by atoms with Crippen molar-refractivity contribution in [2.24, 2.45) is 0 Å². The molecule has 0 spiro atoms. The number of rotatable bonds is 7. The van der Waals surface area contributed by atoms with Gasteiger partial charge in [0.2, 0.25) is 5.91 Å². The summed E-state index contributed by atoms with van der Waals surface area (Å²) in [7, 11) is 0. The third kappa shape index (κ3) is 4.89. The fourth-order valence-electron chi connectivity index (χ4n) is 3.26. The molecule has 0 aliphatic carbocycles. The summed E-state index contributed by atoms with van der Waals surface area (Å²) in [6.07, 6.45) is 0. The van der Waals surface area contributed by atoms with Crippen LogP contribution in [-0.2, 0) is 4.79 Å². The molecule has 31 heavy (non-hydrogen) atoms. The van der Waals surface area contributed by atoms with Crippen LogP contribution in [0.1, 0.15) is 29.0 Å². The first kappa shape index (κ1) is 21.3. The number of aryl methyl sites for hydroxylation is 2. The van der Waals surface area contributed by atoms with Gasteiger partial charge in [-0.1, -0.05) is 54.2 Å². The first-order valence-corrected chi connectivity index (χ1v) is 11.9. The van der Waals surface area contributed by atoms with Gasteiger partial charge in [-0.2, -0.15) is 0 Å². The molecule has 0 aliphatic rings. The Morgan fingerprint density at radius 1 is 1.06 bits per heavy atom. The van der Waals surface area contributed by atoms with Crippen molar-refractivity contribution < 1.29 is 4.79 Å². The summed E-state index contributed by atoms with van der Waals surface area (Å²) in [5.74, 6) is 1.01. The van der Waals surface area contributed by atoms with E-state index in [0.717, 1.165) is 22.0 Å². The van der Waals surface area contributed by atoms with E-state index in [1.165, 1.54) is 22.9 Å². The van der Waals surface area contributed by atoms with Crippen molar-refractivity contribution in [2.75, 3.05) is 5.75 Å². The van der Waals surface area contributed by atoms with Crippen molar-refractivity contribution in [3.8, 4) is 17.1 Å². The summed E-state index contributed by atoms with van der Waals surface area (Å²) >= 11 is 3.04. The van der Waals surface area contributed by atoms with Crippen LogP contribution in [0.2, 0.25) is 0 Å². The van der Waals surface area contributed by atoms with E-state index in [2.05, 4.69) is 47.6 Å². The predicted molar refractivity (Wildman–Crippen MR) is 128 cm³/mol. The van der Waals surface area contributed by atoms with E-state index in [4.69, 9.17) is 0 Å². The summed E-state index contributed by atoms with van der Waals surface area (Å²) in [4.78, 5) is 13.7. The van der Waals surface area contributed by atoms with Crippen molar-refractivity contribution in [3.05, 3.63) is 82.0 Å². The van der Waals surface area contributed by atoms with Crippen LogP contribution in [0.5, 0.6) is 0 Å². The molecule has 0 aliphatic heterocycles. The Balaban J connectivity index is 1.59. The van der Waals surface area contributed by atoms with Crippen LogP contribution in [0.15, 0.2) is 71.2 Å². The average Bonchev–Trinajstić information content (AvgIpc) is 3.45. The maximum Gasteiger partial charge on any atom is 0.230 e. The number of thiophene rings is 1. The molecule has 2 aromatic carbocycles. The topological polar surface area (TPSA) is 59.8 Å². The van der Waals surface area contributed by atoms with Gasteiger partial charge in [-0.15, -0.1) is 21.5 Å². The minimum absolute atomic E-state index is 0.00871. The second kappa shape index (κ2) is 9.49. The van der Waals surface area contributed by atoms with E-state index >= 15 is 0 Å². The van der Waals surface area contributed by atoms with Crippen molar-refractivity contribution >= 4 is 29.0 Å². The van der Waals surface area contributed by atoms with Crippen molar-refractivity contribution in [1.82, 2.24) is 20.1 Å². The summed E-state index contributed by atoms with van der Waals surface area (Å²) in [6, 6.07) is 20.3. The van der Waals surface area contributed by atoms with E-state index in [9.17, 15) is 4.79 Å². The number of amides is 1. The van der Waals surface area contributed by atoms with E-state index in [1.54, 1.807) is 11.3 Å². The van der Waals surface area contributed by atoms with Crippen LogP contribution in [0.4, 0.5) is 0 Å². The van der Waals surface area contributed by atoms with Gasteiger partial charge < -0.3 is 5.32 Å². The van der Waals surface area contributed by atoms with E-state index in [1.807, 2.05) is 59.3 Å². The molecule has 7 heteroatoms. The van der Waals surface area contributed by atoms with Crippen LogP contribution in [0, 0.1) is 13.8 Å². The molecule has 2 aromatic heterocycles. The largest absolute Gasteiger partial charge is 0.348 e. The number of hydrogen-bond acceptors (Lipinski definition) is 5. The zero-order valence-electron chi connectivity index (χ0n) is 17.7. The van der Waals surface area contributed by atoms with Gasteiger partial charge in [0.05, 0.1) is 17.5 Å². The molecule has 0 saturated carbocycles. The molecule has 0 fully saturated rings. The third-order valence-electron chi connectivity index (χ3n) is 5.09. The molecule has 0 saturated heterocycles. The molecular formula is C24H24N4OS2. The molecule has 2 heterocycles. The van der Waals surface area contributed by atoms with Gasteiger partial charge in [0.15, 0.2) is 11.0 Å². The molecule has 4 rings (SSSR count). The van der Waals surface area contributed by atoms with Crippen LogP contribution >= 0.6 is 23.1 Å². The molecule has 1 N–H and O–H groups in total. The molecule has 158 valence electrons. The van der Waals surface area contributed by atoms with E-state index in [-0.39, 0.29) is 17.7 Å². The maximum atomic E-state index is 12.6. The Bertz CT molecular complexity index is 1170. The van der Waals surface area contributed by atoms with Crippen molar-refractivity contribution in [1.29, 1.82) is 0 Å². The minimum Gasteiger partial charge on any atom is -0.348 e. The monoisotopic (exact) mass is 448 g/mol. The Labute approximate surface area is 190 Å². The molecule has 0 radical (unpaired) electrons. The van der Waals surface area contributed by atoms with Crippen LogP contribution in [-0.4, -0.2) is 26.4 Å². The highest BCUT2D eigenvalue weighted by atomic mass is 32.2. The van der Waals surface area contributed by atoms with Gasteiger partial charge in [0, 0.05) is 10.4 Å². The Hall–Kier alpha value is -2.90. The number of thioether (sulfide) groups is 1. The smallest absolute Gasteiger partial charge is 0.230 e. The van der Waals surface area contributed by atoms with Crippen molar-refractivity contribution in [3.63, 3.8) is 0 Å². The quantitative estimate of drug-likeness (QED) is 0.375. The highest BCUT2D eigenvalue weighted by Crippen LogP contribution is 2.29. The van der Waals surface area contributed by atoms with Crippen LogP contribution < -0.4 is 5.32 Å². The molecule has 1 unspecified atom stereocenters. The number of hydrogen-bond donors (Lipinski definition) is 1. The number of benzene rings is 2. The highest BCUT2D eigenvalue weighted by Gasteiger charge is 2.18. The van der Waals surface area contributed by atoms with E-state index < -0.39 is 0 Å². The van der Waals surface area contributed by atoms with Gasteiger partial charge in [-0.05, 0) is 55.5 Å². The summed E-state index contributed by atoms with van der Waals surface area (Å²) < 4.78 is 2.03. The maximum absolute atomic E-state index is 12.6. The van der Waals surface area contributed by atoms with Gasteiger partial charge in [0.25, 0.3) is 0 Å². The normalized spacial score (nSPS) is 12.0. The number of nitrogens with one attached hydrogen (secondary N) is 1. The second-order valence-electron chi connectivity index (χ2n) is 7.37. The lowest BCUT2D eigenvalue weighted by Gasteiger charge is -2.13. The van der Waals surface area contributed by atoms with Gasteiger partial charge in [0.1, 0.15) is 0 Å². The standard InChI is InChI=1S/C24H24N4OS2/c1-16-11-12-20(14-17(16)2)28-23(19-8-5-4-6-9-19)26-27-24(28)31-15-22(29)25-18(3)21-10-7-13-30-21/h4-14,18H,15H2,1-3H3,(H,25,29). The summed E-state index contributed by atoms with van der Waals surface area (Å²) in [5, 5.41) is 14.6. The number of carbonyl (C=O) groups excluding carboxylic acids is 1. The Kier molecular flexibility index (Phi) is 6.53. The fourth-order valence-corrected chi connectivity index (χ4v) is 4.75. The zero-order valence-corrected chi connectivity index (χ0v) is 19.3. The minimum atomic E-state index is -0.0261. The van der Waals surface area contributed by atoms with Crippen molar-refractivity contribution in [2.45, 2.75) is 32.0 Å². The molecule has 5 nitrogen and oxygen atoms in total. The highest BCUT2D eigenvalue weighted by molar-refractivity contribution is 7.99. The van der Waals surface area contributed by atoms with Gasteiger partial charge in [-0.3, -0.25) is 9.36 Å². The number of nitrogens with zero attached hydrogens (tertiary/aromatic N) is 3. The Morgan fingerprint density at radius 3 is 2.58 bits per heavy atom. The molecular weight excluding hydrogens is 424 g/mol. The number of carbonyl (C=O) groups is 1. The Morgan fingerprint density at radius 2 is 1.87 bits per heavy atom. The van der Waals surface area contributed by atoms with E-state index in [0.29, 0.717) is 5.16 Å². The van der Waals surface area contributed by atoms with Gasteiger partial charge in [-0.25, -0.2) is 0 Å². The SMILES string of the molecule is Cc1ccc(-n2c(SCC(=O)NC(C)c3cccs3)nnc2-c2ccccc2)cc1C. The molecule has 0 bridgehead atoms. The lowest BCUT2D eigenvalue weighted by molar-refractivity contribution is -0.119.